The molecule has 0 saturated heterocycles. The van der Waals surface area contributed by atoms with Gasteiger partial charge in [0.05, 0.1) is 24.3 Å². The predicted molar refractivity (Wildman–Crippen MR) is 138 cm³/mol. The van der Waals surface area contributed by atoms with E-state index < -0.39 is 18.6 Å². The molecule has 8 nitrogen and oxygen atoms in total. The summed E-state index contributed by atoms with van der Waals surface area (Å²) < 4.78 is 62.5. The summed E-state index contributed by atoms with van der Waals surface area (Å²) in [5.74, 6) is 0.765. The number of hydrogen-bond donors (Lipinski definition) is 0. The topological polar surface area (TPSA) is 99.2 Å². The van der Waals surface area contributed by atoms with Crippen LogP contribution in [0.3, 0.4) is 0 Å². The zero-order chi connectivity index (χ0) is 29.0. The van der Waals surface area contributed by atoms with Crippen molar-refractivity contribution in [1.82, 2.24) is 4.98 Å². The van der Waals surface area contributed by atoms with Crippen LogP contribution in [0.25, 0.3) is 22.0 Å². The lowest BCUT2D eigenvalue weighted by Crippen LogP contribution is -2.26. The van der Waals surface area contributed by atoms with Crippen LogP contribution < -0.4 is 19.3 Å². The van der Waals surface area contributed by atoms with Crippen molar-refractivity contribution < 1.29 is 46.8 Å². The highest BCUT2D eigenvalue weighted by Gasteiger charge is 2.31. The first kappa shape index (κ1) is 28.8. The number of alkyl halides is 3. The number of hydrogen-bond acceptors (Lipinski definition) is 8. The second-order valence-corrected chi connectivity index (χ2v) is 8.83. The van der Waals surface area contributed by atoms with Gasteiger partial charge in [0.25, 0.3) is 6.16 Å². The third-order valence-electron chi connectivity index (χ3n) is 5.87. The molecule has 0 N–H and O–H groups in total. The third kappa shape index (κ3) is 6.67. The average molecular weight is 577 g/mol. The molecule has 0 bridgehead atoms. The van der Waals surface area contributed by atoms with Crippen LogP contribution in [0.4, 0.5) is 18.0 Å². The molecule has 1 atom stereocenters. The normalized spacial score (nSPS) is 12.2. The molecule has 0 radical (unpaired) electrons. The van der Waals surface area contributed by atoms with Gasteiger partial charge in [-0.25, -0.2) is 0 Å². The first-order valence-electron chi connectivity index (χ1n) is 11.7. The highest BCUT2D eigenvalue weighted by Crippen LogP contribution is 2.41. The maximum atomic E-state index is 12.4. The minimum absolute atomic E-state index is 0.300. The van der Waals surface area contributed by atoms with E-state index >= 15 is 0 Å². The Balaban J connectivity index is 1.73. The number of pyridine rings is 1. The van der Waals surface area contributed by atoms with Crippen molar-refractivity contribution in [2.45, 2.75) is 19.4 Å². The van der Waals surface area contributed by atoms with Gasteiger partial charge in [-0.2, -0.15) is 0 Å². The lowest BCUT2D eigenvalue weighted by molar-refractivity contribution is -0.284. The van der Waals surface area contributed by atoms with Crippen molar-refractivity contribution in [1.29, 1.82) is 0 Å². The molecule has 1 heterocycles. The molecule has 0 aliphatic rings. The number of aromatic nitrogens is 1. The standard InChI is InChI=1S/C28H23ClF3NO7/c1-15-25(16-4-6-17(7-5-16)39-18-8-10-19(11-9-18)40-28(30,31)32)26(24(37-3)14-38-27(34)35)20-12-21(29)23(36-2)13-22(20)33-15/h4-13,24H,14H2,1-3H3,(H,34,35)/p-1. The molecule has 0 amide bonds. The molecule has 1 aromatic heterocycles. The zero-order valence-electron chi connectivity index (χ0n) is 21.4. The van der Waals surface area contributed by atoms with Crippen molar-refractivity contribution in [3.63, 3.8) is 0 Å². The molecule has 4 rings (SSSR count). The fourth-order valence-corrected chi connectivity index (χ4v) is 4.46. The van der Waals surface area contributed by atoms with E-state index in [1.54, 1.807) is 43.3 Å². The first-order chi connectivity index (χ1) is 19.0. The molecule has 0 aliphatic heterocycles. The Bertz CT molecular complexity index is 1510. The summed E-state index contributed by atoms with van der Waals surface area (Å²) in [6.07, 6.45) is -7.32. The van der Waals surface area contributed by atoms with Gasteiger partial charge in [-0.3, -0.25) is 4.98 Å². The largest absolute Gasteiger partial charge is 0.573 e. The van der Waals surface area contributed by atoms with E-state index in [0.29, 0.717) is 55.6 Å². The van der Waals surface area contributed by atoms with E-state index in [4.69, 9.17) is 35.5 Å². The van der Waals surface area contributed by atoms with Crippen molar-refractivity contribution in [3.8, 4) is 34.1 Å². The van der Waals surface area contributed by atoms with Crippen molar-refractivity contribution in [3.05, 3.63) is 76.9 Å². The number of nitrogens with zero attached hydrogens (tertiary/aromatic N) is 1. The number of carbonyl (C=O) groups excluding carboxylic acids is 1. The quantitative estimate of drug-likeness (QED) is 0.205. The number of carboxylic acid groups (broad SMARTS) is 1. The van der Waals surface area contributed by atoms with Crippen LogP contribution in [-0.4, -0.2) is 38.3 Å². The van der Waals surface area contributed by atoms with Gasteiger partial charge in [0.2, 0.25) is 0 Å². The second kappa shape index (κ2) is 11.9. The number of aryl methyl sites for hydroxylation is 1. The maximum absolute atomic E-state index is 12.4. The summed E-state index contributed by atoms with van der Waals surface area (Å²) >= 11 is 6.42. The monoisotopic (exact) mass is 576 g/mol. The van der Waals surface area contributed by atoms with E-state index in [1.807, 2.05) is 0 Å². The highest BCUT2D eigenvalue weighted by atomic mass is 35.5. The molecular formula is C28H22ClF3NO7-. The van der Waals surface area contributed by atoms with E-state index in [9.17, 15) is 23.1 Å². The third-order valence-corrected chi connectivity index (χ3v) is 6.17. The first-order valence-corrected chi connectivity index (χ1v) is 12.0. The van der Waals surface area contributed by atoms with Gasteiger partial charge in [0.1, 0.15) is 29.1 Å². The smallest absolute Gasteiger partial charge is 0.547 e. The van der Waals surface area contributed by atoms with Crippen molar-refractivity contribution in [2.24, 2.45) is 0 Å². The van der Waals surface area contributed by atoms with Gasteiger partial charge >= 0.3 is 6.36 Å². The molecule has 12 heteroatoms. The van der Waals surface area contributed by atoms with Crippen LogP contribution in [0.15, 0.2) is 60.7 Å². The fourth-order valence-electron chi connectivity index (χ4n) is 4.22. The van der Waals surface area contributed by atoms with Gasteiger partial charge < -0.3 is 33.6 Å². The molecule has 0 saturated carbocycles. The minimum Gasteiger partial charge on any atom is -0.547 e. The molecule has 4 aromatic rings. The number of benzene rings is 3. The number of halogens is 4. The number of ether oxygens (including phenoxy) is 5. The van der Waals surface area contributed by atoms with E-state index in [1.165, 1.54) is 26.4 Å². The molecule has 40 heavy (non-hydrogen) atoms. The number of carbonyl (C=O) groups is 1. The molecule has 3 aromatic carbocycles. The Morgan fingerprint density at radius 2 is 1.60 bits per heavy atom. The minimum atomic E-state index is -4.79. The number of rotatable bonds is 9. The Morgan fingerprint density at radius 3 is 2.15 bits per heavy atom. The molecule has 1 unspecified atom stereocenters. The summed E-state index contributed by atoms with van der Waals surface area (Å²) in [7, 11) is 2.90. The van der Waals surface area contributed by atoms with E-state index in [-0.39, 0.29) is 12.4 Å². The zero-order valence-corrected chi connectivity index (χ0v) is 22.1. The summed E-state index contributed by atoms with van der Waals surface area (Å²) in [4.78, 5) is 15.7. The second-order valence-electron chi connectivity index (χ2n) is 8.42. The van der Waals surface area contributed by atoms with Gasteiger partial charge in [-0.05, 0) is 55.0 Å². The Kier molecular flexibility index (Phi) is 8.55. The lowest BCUT2D eigenvalue weighted by Gasteiger charge is -2.25. The summed E-state index contributed by atoms with van der Waals surface area (Å²) in [6, 6.07) is 15.2. The lowest BCUT2D eigenvalue weighted by atomic mass is 9.91. The SMILES string of the molecule is COc1cc2nc(C)c(-c3ccc(Oc4ccc(OC(F)(F)F)cc4)cc3)c(C(COC(=O)[O-])OC)c2cc1Cl. The number of fused-ring (bicyclic) bond motifs is 1. The van der Waals surface area contributed by atoms with E-state index in [2.05, 4.69) is 4.74 Å². The number of methoxy groups -OCH3 is 2. The van der Waals surface area contributed by atoms with Crippen LogP contribution in [0.1, 0.15) is 17.4 Å². The fraction of sp³-hybridized carbons (Fsp3) is 0.214. The van der Waals surface area contributed by atoms with Gasteiger partial charge in [-0.15, -0.1) is 13.2 Å². The molecule has 0 aliphatic carbocycles. The highest BCUT2D eigenvalue weighted by molar-refractivity contribution is 6.33. The van der Waals surface area contributed by atoms with Crippen molar-refractivity contribution >= 4 is 28.7 Å². The van der Waals surface area contributed by atoms with Crippen molar-refractivity contribution in [2.75, 3.05) is 20.8 Å². The molecule has 210 valence electrons. The summed E-state index contributed by atoms with van der Waals surface area (Å²) in [5, 5.41) is 11.9. The van der Waals surface area contributed by atoms with Gasteiger partial charge in [-0.1, -0.05) is 23.7 Å². The van der Waals surface area contributed by atoms with Gasteiger partial charge in [0.15, 0.2) is 0 Å². The Labute approximate surface area is 231 Å². The molecular weight excluding hydrogens is 555 g/mol. The van der Waals surface area contributed by atoms with Crippen LogP contribution in [-0.2, 0) is 9.47 Å². The van der Waals surface area contributed by atoms with Crippen LogP contribution in [0.2, 0.25) is 5.02 Å². The summed E-state index contributed by atoms with van der Waals surface area (Å²) in [5.41, 5.74) is 3.10. The van der Waals surface area contributed by atoms with Crippen LogP contribution in [0, 0.1) is 6.92 Å². The van der Waals surface area contributed by atoms with Crippen LogP contribution in [0.5, 0.6) is 23.0 Å². The van der Waals surface area contributed by atoms with E-state index in [0.717, 1.165) is 12.1 Å². The van der Waals surface area contributed by atoms with Crippen LogP contribution >= 0.6 is 11.6 Å². The molecule has 0 fully saturated rings. The maximum Gasteiger partial charge on any atom is 0.573 e. The predicted octanol–water partition coefficient (Wildman–Crippen LogP) is 6.61. The summed E-state index contributed by atoms with van der Waals surface area (Å²) in [6.45, 7) is 1.45. The Hall–Kier alpha value is -4.22. The average Bonchev–Trinajstić information content (AvgIpc) is 2.89. The van der Waals surface area contributed by atoms with Gasteiger partial charge in [0, 0.05) is 35.4 Å². The Morgan fingerprint density at radius 1 is 1.00 bits per heavy atom. The molecule has 0 spiro atoms.